The van der Waals surface area contributed by atoms with Crippen LogP contribution in [0.2, 0.25) is 0 Å². The summed E-state index contributed by atoms with van der Waals surface area (Å²) in [5.74, 6) is 0.709. The van der Waals surface area contributed by atoms with Crippen LogP contribution in [0.4, 0.5) is 0 Å². The van der Waals surface area contributed by atoms with Crippen molar-refractivity contribution in [1.29, 1.82) is 5.26 Å². The highest BCUT2D eigenvalue weighted by atomic mass is 79.9. The van der Waals surface area contributed by atoms with Gasteiger partial charge in [-0.2, -0.15) is 5.26 Å². The Labute approximate surface area is 109 Å². The standard InChI is InChI=1S/C12H14BrNO3/c1-16-11-4-3-9(7-10(11)13)12(8-14)17-6-2-5-15/h3-4,7,12,15H,2,5-6H2,1H3. The number of rotatable bonds is 6. The lowest BCUT2D eigenvalue weighted by atomic mass is 10.1. The maximum atomic E-state index is 9.01. The maximum absolute atomic E-state index is 9.01. The molecule has 1 aromatic carbocycles. The predicted octanol–water partition coefficient (Wildman–Crippen LogP) is 2.42. The highest BCUT2D eigenvalue weighted by Gasteiger charge is 2.12. The van der Waals surface area contributed by atoms with E-state index in [9.17, 15) is 0 Å². The van der Waals surface area contributed by atoms with E-state index in [1.165, 1.54) is 0 Å². The number of hydrogen-bond donors (Lipinski definition) is 1. The van der Waals surface area contributed by atoms with Gasteiger partial charge in [0.1, 0.15) is 5.75 Å². The molecule has 0 fully saturated rings. The van der Waals surface area contributed by atoms with Crippen molar-refractivity contribution in [3.63, 3.8) is 0 Å². The average Bonchev–Trinajstić information content (AvgIpc) is 2.35. The van der Waals surface area contributed by atoms with Gasteiger partial charge in [-0.15, -0.1) is 0 Å². The Hall–Kier alpha value is -1.09. The quantitative estimate of drug-likeness (QED) is 0.820. The Morgan fingerprint density at radius 1 is 1.53 bits per heavy atom. The fourth-order valence-electron chi connectivity index (χ4n) is 1.32. The van der Waals surface area contributed by atoms with Crippen molar-refractivity contribution in [3.05, 3.63) is 28.2 Å². The summed E-state index contributed by atoms with van der Waals surface area (Å²) in [5, 5.41) is 17.7. The smallest absolute Gasteiger partial charge is 0.169 e. The lowest BCUT2D eigenvalue weighted by Crippen LogP contribution is -2.05. The van der Waals surface area contributed by atoms with Crippen LogP contribution < -0.4 is 4.74 Å². The SMILES string of the molecule is COc1ccc(C(C#N)OCCCO)cc1Br. The summed E-state index contributed by atoms with van der Waals surface area (Å²) in [6, 6.07) is 7.44. The highest BCUT2D eigenvalue weighted by molar-refractivity contribution is 9.10. The van der Waals surface area contributed by atoms with Gasteiger partial charge >= 0.3 is 0 Å². The molecule has 1 unspecified atom stereocenters. The number of methoxy groups -OCH3 is 1. The molecule has 1 aromatic rings. The zero-order valence-corrected chi connectivity index (χ0v) is 11.1. The Bertz CT molecular complexity index is 403. The second-order valence-electron chi connectivity index (χ2n) is 3.35. The molecule has 0 aliphatic rings. The first-order valence-corrected chi connectivity index (χ1v) is 5.97. The molecule has 0 spiro atoms. The van der Waals surface area contributed by atoms with E-state index in [0.717, 1.165) is 10.0 Å². The fraction of sp³-hybridized carbons (Fsp3) is 0.417. The van der Waals surface area contributed by atoms with E-state index in [1.54, 1.807) is 25.3 Å². The number of halogens is 1. The molecule has 0 saturated heterocycles. The van der Waals surface area contributed by atoms with Gasteiger partial charge in [-0.3, -0.25) is 0 Å². The van der Waals surface area contributed by atoms with Crippen LogP contribution in [-0.4, -0.2) is 25.4 Å². The van der Waals surface area contributed by atoms with Crippen molar-refractivity contribution in [2.45, 2.75) is 12.5 Å². The van der Waals surface area contributed by atoms with Gasteiger partial charge in [0.25, 0.3) is 0 Å². The summed E-state index contributed by atoms with van der Waals surface area (Å²) in [7, 11) is 1.58. The van der Waals surface area contributed by atoms with E-state index < -0.39 is 6.10 Å². The zero-order chi connectivity index (χ0) is 12.7. The van der Waals surface area contributed by atoms with E-state index in [1.807, 2.05) is 0 Å². The Morgan fingerprint density at radius 3 is 2.82 bits per heavy atom. The number of benzene rings is 1. The van der Waals surface area contributed by atoms with Crippen molar-refractivity contribution >= 4 is 15.9 Å². The van der Waals surface area contributed by atoms with Gasteiger partial charge < -0.3 is 14.6 Å². The van der Waals surface area contributed by atoms with Crippen LogP contribution in [0.15, 0.2) is 22.7 Å². The summed E-state index contributed by atoms with van der Waals surface area (Å²) >= 11 is 3.36. The van der Waals surface area contributed by atoms with E-state index in [0.29, 0.717) is 18.8 Å². The third-order valence-electron chi connectivity index (χ3n) is 2.18. The maximum Gasteiger partial charge on any atom is 0.169 e. The van der Waals surface area contributed by atoms with Crippen LogP contribution in [0.25, 0.3) is 0 Å². The first-order chi connectivity index (χ1) is 8.22. The molecule has 1 rings (SSSR count). The zero-order valence-electron chi connectivity index (χ0n) is 9.52. The third-order valence-corrected chi connectivity index (χ3v) is 2.80. The molecule has 0 aromatic heterocycles. The third kappa shape index (κ3) is 4.00. The number of ether oxygens (including phenoxy) is 2. The molecule has 0 heterocycles. The first-order valence-electron chi connectivity index (χ1n) is 5.18. The lowest BCUT2D eigenvalue weighted by molar-refractivity contribution is 0.0773. The second kappa shape index (κ2) is 7.28. The van der Waals surface area contributed by atoms with Crippen LogP contribution in [0.3, 0.4) is 0 Å². The Morgan fingerprint density at radius 2 is 2.29 bits per heavy atom. The molecular weight excluding hydrogens is 286 g/mol. The monoisotopic (exact) mass is 299 g/mol. The summed E-state index contributed by atoms with van der Waals surface area (Å²) in [6.45, 7) is 0.419. The molecule has 0 saturated carbocycles. The van der Waals surface area contributed by atoms with Gasteiger partial charge in [-0.05, 0) is 40.0 Å². The van der Waals surface area contributed by atoms with Crippen LogP contribution in [0, 0.1) is 11.3 Å². The summed E-state index contributed by atoms with van der Waals surface area (Å²) in [4.78, 5) is 0. The number of hydrogen-bond acceptors (Lipinski definition) is 4. The summed E-state index contributed by atoms with van der Waals surface area (Å²) < 4.78 is 11.3. The molecule has 92 valence electrons. The van der Waals surface area contributed by atoms with E-state index >= 15 is 0 Å². The molecule has 0 bridgehead atoms. The van der Waals surface area contributed by atoms with Crippen LogP contribution in [0.5, 0.6) is 5.75 Å². The molecule has 0 radical (unpaired) electrons. The lowest BCUT2D eigenvalue weighted by Gasteiger charge is -2.12. The molecule has 0 aliphatic heterocycles. The van der Waals surface area contributed by atoms with Gasteiger partial charge in [-0.25, -0.2) is 0 Å². The summed E-state index contributed by atoms with van der Waals surface area (Å²) in [5.41, 5.74) is 0.762. The van der Waals surface area contributed by atoms with Gasteiger partial charge in [0.15, 0.2) is 6.10 Å². The first kappa shape index (κ1) is 14.0. The molecule has 1 N–H and O–H groups in total. The van der Waals surface area contributed by atoms with Crippen molar-refractivity contribution in [2.75, 3.05) is 20.3 Å². The predicted molar refractivity (Wildman–Crippen MR) is 66.7 cm³/mol. The van der Waals surface area contributed by atoms with Gasteiger partial charge in [0, 0.05) is 6.61 Å². The molecule has 4 nitrogen and oxygen atoms in total. The van der Waals surface area contributed by atoms with Gasteiger partial charge in [-0.1, -0.05) is 6.07 Å². The van der Waals surface area contributed by atoms with E-state index in [2.05, 4.69) is 22.0 Å². The summed E-state index contributed by atoms with van der Waals surface area (Å²) in [6.07, 6.45) is -0.0982. The Kier molecular flexibility index (Phi) is 5.98. The fourth-order valence-corrected chi connectivity index (χ4v) is 1.88. The molecule has 0 amide bonds. The van der Waals surface area contributed by atoms with Crippen molar-refractivity contribution in [2.24, 2.45) is 0 Å². The molecule has 5 heteroatoms. The molecule has 1 atom stereocenters. The normalized spacial score (nSPS) is 11.9. The second-order valence-corrected chi connectivity index (χ2v) is 4.21. The van der Waals surface area contributed by atoms with Gasteiger partial charge in [0.2, 0.25) is 0 Å². The number of nitrogens with zero attached hydrogens (tertiary/aromatic N) is 1. The van der Waals surface area contributed by atoms with Crippen LogP contribution in [0.1, 0.15) is 18.1 Å². The van der Waals surface area contributed by atoms with Crippen molar-refractivity contribution < 1.29 is 14.6 Å². The van der Waals surface area contributed by atoms with E-state index in [4.69, 9.17) is 19.8 Å². The highest BCUT2D eigenvalue weighted by Crippen LogP contribution is 2.29. The van der Waals surface area contributed by atoms with Crippen LogP contribution in [-0.2, 0) is 4.74 Å². The van der Waals surface area contributed by atoms with Crippen LogP contribution >= 0.6 is 15.9 Å². The van der Waals surface area contributed by atoms with Crippen molar-refractivity contribution in [1.82, 2.24) is 0 Å². The number of aliphatic hydroxyl groups is 1. The minimum Gasteiger partial charge on any atom is -0.496 e. The largest absolute Gasteiger partial charge is 0.496 e. The number of nitriles is 1. The topological polar surface area (TPSA) is 62.5 Å². The molecule has 0 aliphatic carbocycles. The minimum atomic E-state index is -0.622. The minimum absolute atomic E-state index is 0.0600. The van der Waals surface area contributed by atoms with Crippen molar-refractivity contribution in [3.8, 4) is 11.8 Å². The van der Waals surface area contributed by atoms with Gasteiger partial charge in [0.05, 0.1) is 24.3 Å². The molecule has 17 heavy (non-hydrogen) atoms. The number of aliphatic hydroxyl groups excluding tert-OH is 1. The molecular formula is C12H14BrNO3. The average molecular weight is 300 g/mol. The Balaban J connectivity index is 2.75. The van der Waals surface area contributed by atoms with E-state index in [-0.39, 0.29) is 6.61 Å².